The molecule has 2 aromatic rings. The van der Waals surface area contributed by atoms with Gasteiger partial charge in [0, 0.05) is 6.04 Å². The number of carbonyl (C=O) groups is 1. The molecule has 0 aromatic carbocycles. The van der Waals surface area contributed by atoms with E-state index in [9.17, 15) is 4.79 Å². The molecule has 0 saturated carbocycles. The van der Waals surface area contributed by atoms with E-state index in [0.717, 1.165) is 15.2 Å². The maximum atomic E-state index is 12.0. The van der Waals surface area contributed by atoms with Crippen LogP contribution in [0.4, 0.5) is 5.13 Å². The second-order valence-electron chi connectivity index (χ2n) is 4.73. The third kappa shape index (κ3) is 5.05. The average Bonchev–Trinajstić information content (AvgIpc) is 3.07. The van der Waals surface area contributed by atoms with E-state index in [1.165, 1.54) is 23.1 Å². The first-order valence-corrected chi connectivity index (χ1v) is 8.31. The lowest BCUT2D eigenvalue weighted by atomic mass is 10.4. The third-order valence-electron chi connectivity index (χ3n) is 2.48. The van der Waals surface area contributed by atoms with Crippen molar-refractivity contribution in [2.24, 2.45) is 0 Å². The number of aromatic nitrogens is 2. The molecule has 0 saturated heterocycles. The lowest BCUT2D eigenvalue weighted by Crippen LogP contribution is -2.30. The minimum absolute atomic E-state index is 0.0510. The quantitative estimate of drug-likeness (QED) is 0.762. The Bertz CT molecular complexity index is 568. The van der Waals surface area contributed by atoms with Crippen LogP contribution in [0.25, 0.3) is 0 Å². The van der Waals surface area contributed by atoms with Crippen molar-refractivity contribution in [1.82, 2.24) is 15.5 Å². The summed E-state index contributed by atoms with van der Waals surface area (Å²) in [5, 5.41) is 14.7. The summed E-state index contributed by atoms with van der Waals surface area (Å²) in [4.78, 5) is 12.0. The molecule has 0 bridgehead atoms. The minimum atomic E-state index is -0.236. The Morgan fingerprint density at radius 2 is 2.24 bits per heavy atom. The van der Waals surface area contributed by atoms with Crippen LogP contribution in [-0.2, 0) is 11.3 Å². The fraction of sp³-hybridized carbons (Fsp3) is 0.462. The molecule has 2 rings (SSSR count). The fourth-order valence-corrected chi connectivity index (χ4v) is 3.56. The molecule has 2 N–H and O–H groups in total. The second kappa shape index (κ2) is 7.46. The minimum Gasteiger partial charge on any atom is -0.467 e. The lowest BCUT2D eigenvalue weighted by Gasteiger charge is -2.09. The predicted molar refractivity (Wildman–Crippen MR) is 84.5 cm³/mol. The molecule has 114 valence electrons. The maximum absolute atomic E-state index is 12.0. The van der Waals surface area contributed by atoms with Crippen LogP contribution < -0.4 is 10.6 Å². The number of furan rings is 1. The Balaban J connectivity index is 1.81. The van der Waals surface area contributed by atoms with E-state index in [0.29, 0.717) is 12.6 Å². The zero-order valence-electron chi connectivity index (χ0n) is 12.1. The summed E-state index contributed by atoms with van der Waals surface area (Å²) in [5.74, 6) is 0.685. The first kappa shape index (κ1) is 15.8. The van der Waals surface area contributed by atoms with Crippen molar-refractivity contribution in [3.05, 3.63) is 24.2 Å². The molecule has 0 spiro atoms. The number of thioether (sulfide) groups is 1. The SMILES string of the molecule is CC(C)Nc1nnc(S[C@@H](C)C(=O)NCc2ccco2)s1. The van der Waals surface area contributed by atoms with Gasteiger partial charge in [0.15, 0.2) is 4.34 Å². The number of hydrogen-bond donors (Lipinski definition) is 2. The van der Waals surface area contributed by atoms with Crippen LogP contribution in [0.2, 0.25) is 0 Å². The summed E-state index contributed by atoms with van der Waals surface area (Å²) in [6, 6.07) is 3.93. The van der Waals surface area contributed by atoms with Gasteiger partial charge in [-0.25, -0.2) is 0 Å². The van der Waals surface area contributed by atoms with Gasteiger partial charge in [0.05, 0.1) is 18.1 Å². The van der Waals surface area contributed by atoms with Crippen LogP contribution in [0.15, 0.2) is 27.2 Å². The maximum Gasteiger partial charge on any atom is 0.233 e. The molecule has 21 heavy (non-hydrogen) atoms. The Morgan fingerprint density at radius 3 is 2.90 bits per heavy atom. The highest BCUT2D eigenvalue weighted by molar-refractivity contribution is 8.02. The first-order valence-electron chi connectivity index (χ1n) is 6.61. The molecule has 2 aromatic heterocycles. The summed E-state index contributed by atoms with van der Waals surface area (Å²) in [5.41, 5.74) is 0. The smallest absolute Gasteiger partial charge is 0.233 e. The van der Waals surface area contributed by atoms with Crippen molar-refractivity contribution in [3.63, 3.8) is 0 Å². The number of anilines is 1. The van der Waals surface area contributed by atoms with E-state index in [1.54, 1.807) is 12.3 Å². The van der Waals surface area contributed by atoms with Crippen molar-refractivity contribution in [1.29, 1.82) is 0 Å². The number of nitrogens with one attached hydrogen (secondary N) is 2. The zero-order chi connectivity index (χ0) is 15.2. The highest BCUT2D eigenvalue weighted by atomic mass is 32.2. The van der Waals surface area contributed by atoms with E-state index in [4.69, 9.17) is 4.42 Å². The summed E-state index contributed by atoms with van der Waals surface area (Å²) in [7, 11) is 0. The molecule has 8 heteroatoms. The zero-order valence-corrected chi connectivity index (χ0v) is 13.8. The Kier molecular flexibility index (Phi) is 5.63. The molecule has 1 amide bonds. The van der Waals surface area contributed by atoms with Gasteiger partial charge in [-0.05, 0) is 32.9 Å². The molecule has 1 atom stereocenters. The number of nitrogens with zero attached hydrogens (tertiary/aromatic N) is 2. The molecule has 0 radical (unpaired) electrons. The number of rotatable bonds is 7. The number of amides is 1. The van der Waals surface area contributed by atoms with Gasteiger partial charge >= 0.3 is 0 Å². The van der Waals surface area contributed by atoms with Crippen molar-refractivity contribution in [3.8, 4) is 0 Å². The van der Waals surface area contributed by atoms with Gasteiger partial charge in [-0.15, -0.1) is 10.2 Å². The van der Waals surface area contributed by atoms with Crippen LogP contribution in [0.3, 0.4) is 0 Å². The highest BCUT2D eigenvalue weighted by Crippen LogP contribution is 2.29. The molecule has 0 unspecified atom stereocenters. The van der Waals surface area contributed by atoms with Gasteiger partial charge < -0.3 is 15.1 Å². The van der Waals surface area contributed by atoms with Gasteiger partial charge in [0.1, 0.15) is 5.76 Å². The van der Waals surface area contributed by atoms with Crippen LogP contribution in [0, 0.1) is 0 Å². The first-order chi connectivity index (χ1) is 10.0. The van der Waals surface area contributed by atoms with Gasteiger partial charge in [0.2, 0.25) is 11.0 Å². The molecule has 2 heterocycles. The van der Waals surface area contributed by atoms with Crippen LogP contribution in [0.1, 0.15) is 26.5 Å². The molecular formula is C13H18N4O2S2. The molecular weight excluding hydrogens is 308 g/mol. The molecule has 0 aliphatic heterocycles. The van der Waals surface area contributed by atoms with Gasteiger partial charge in [-0.1, -0.05) is 23.1 Å². The monoisotopic (exact) mass is 326 g/mol. The van der Waals surface area contributed by atoms with Gasteiger partial charge in [-0.2, -0.15) is 0 Å². The Labute approximate surface area is 131 Å². The Morgan fingerprint density at radius 1 is 1.43 bits per heavy atom. The van der Waals surface area contributed by atoms with E-state index in [1.807, 2.05) is 26.8 Å². The highest BCUT2D eigenvalue weighted by Gasteiger charge is 2.17. The molecule has 0 fully saturated rings. The van der Waals surface area contributed by atoms with E-state index >= 15 is 0 Å². The van der Waals surface area contributed by atoms with Gasteiger partial charge in [0.25, 0.3) is 0 Å². The predicted octanol–water partition coefficient (Wildman–Crippen LogP) is 2.75. The normalized spacial score (nSPS) is 12.4. The van der Waals surface area contributed by atoms with E-state index in [-0.39, 0.29) is 11.2 Å². The van der Waals surface area contributed by atoms with Crippen LogP contribution >= 0.6 is 23.1 Å². The molecule has 0 aliphatic rings. The van der Waals surface area contributed by atoms with Crippen molar-refractivity contribution in [2.45, 2.75) is 42.9 Å². The summed E-state index contributed by atoms with van der Waals surface area (Å²) in [6.45, 7) is 6.32. The van der Waals surface area contributed by atoms with Crippen molar-refractivity contribution in [2.75, 3.05) is 5.32 Å². The number of carbonyl (C=O) groups excluding carboxylic acids is 1. The van der Waals surface area contributed by atoms with E-state index in [2.05, 4.69) is 20.8 Å². The fourth-order valence-electron chi connectivity index (χ4n) is 1.50. The van der Waals surface area contributed by atoms with Gasteiger partial charge in [-0.3, -0.25) is 4.79 Å². The van der Waals surface area contributed by atoms with E-state index < -0.39 is 0 Å². The summed E-state index contributed by atoms with van der Waals surface area (Å²) >= 11 is 2.85. The molecule has 0 aliphatic carbocycles. The third-order valence-corrected chi connectivity index (χ3v) is 4.52. The number of hydrogen-bond acceptors (Lipinski definition) is 7. The van der Waals surface area contributed by atoms with Crippen molar-refractivity contribution >= 4 is 34.1 Å². The average molecular weight is 326 g/mol. The second-order valence-corrected chi connectivity index (χ2v) is 7.29. The van der Waals surface area contributed by atoms with Crippen molar-refractivity contribution < 1.29 is 9.21 Å². The standard InChI is InChI=1S/C13H18N4O2S2/c1-8(2)15-12-16-17-13(21-12)20-9(3)11(18)14-7-10-5-4-6-19-10/h4-6,8-9H,7H2,1-3H3,(H,14,18)(H,15,16)/t9-/m0/s1. The topological polar surface area (TPSA) is 80.0 Å². The lowest BCUT2D eigenvalue weighted by molar-refractivity contribution is -0.120. The summed E-state index contributed by atoms with van der Waals surface area (Å²) in [6.07, 6.45) is 1.59. The summed E-state index contributed by atoms with van der Waals surface area (Å²) < 4.78 is 5.95. The Hall–Kier alpha value is -1.54. The molecule has 6 nitrogen and oxygen atoms in total. The largest absolute Gasteiger partial charge is 0.467 e. The van der Waals surface area contributed by atoms with Crippen LogP contribution in [-0.4, -0.2) is 27.4 Å². The van der Waals surface area contributed by atoms with Crippen LogP contribution in [0.5, 0.6) is 0 Å².